The molecule has 0 aromatic carbocycles. The van der Waals surface area contributed by atoms with Crippen LogP contribution < -0.4 is 5.73 Å². The lowest BCUT2D eigenvalue weighted by Crippen LogP contribution is -2.48. The summed E-state index contributed by atoms with van der Waals surface area (Å²) in [4.78, 5) is 16.1. The Balaban J connectivity index is 2.32. The van der Waals surface area contributed by atoms with E-state index in [1.165, 1.54) is 0 Å². The summed E-state index contributed by atoms with van der Waals surface area (Å²) in [6.45, 7) is 2.75. The minimum absolute atomic E-state index is 0.0643. The standard InChI is InChI=1S/C11H14N2O2/c1-8-2-4-13-6-9(8)10(14)11(12)3-5-15-7-11/h2,4,6H,3,5,7,12H2,1H3. The van der Waals surface area contributed by atoms with Crippen LogP contribution in [0.3, 0.4) is 0 Å². The molecule has 2 rings (SSSR count). The van der Waals surface area contributed by atoms with E-state index in [0.29, 0.717) is 25.2 Å². The van der Waals surface area contributed by atoms with Crippen molar-refractivity contribution in [3.8, 4) is 0 Å². The van der Waals surface area contributed by atoms with Gasteiger partial charge in [-0.25, -0.2) is 0 Å². The van der Waals surface area contributed by atoms with Gasteiger partial charge in [0.1, 0.15) is 5.54 Å². The van der Waals surface area contributed by atoms with Crippen LogP contribution >= 0.6 is 0 Å². The Morgan fingerprint density at radius 1 is 1.67 bits per heavy atom. The van der Waals surface area contributed by atoms with Gasteiger partial charge in [-0.15, -0.1) is 0 Å². The van der Waals surface area contributed by atoms with Gasteiger partial charge in [-0.05, 0) is 25.0 Å². The minimum atomic E-state index is -0.853. The van der Waals surface area contributed by atoms with Gasteiger partial charge in [-0.2, -0.15) is 0 Å². The zero-order chi connectivity index (χ0) is 10.9. The number of nitrogens with zero attached hydrogens (tertiary/aromatic N) is 1. The number of pyridine rings is 1. The molecule has 1 aromatic rings. The van der Waals surface area contributed by atoms with Crippen molar-refractivity contribution >= 4 is 5.78 Å². The molecule has 0 radical (unpaired) electrons. The van der Waals surface area contributed by atoms with E-state index in [1.54, 1.807) is 12.4 Å². The fourth-order valence-electron chi connectivity index (χ4n) is 1.73. The number of ether oxygens (including phenoxy) is 1. The van der Waals surface area contributed by atoms with E-state index in [2.05, 4.69) is 4.98 Å². The Bertz CT molecular complexity index is 384. The molecular formula is C11H14N2O2. The van der Waals surface area contributed by atoms with Gasteiger partial charge in [0.2, 0.25) is 0 Å². The number of Topliss-reactive ketones (excluding diaryl/α,β-unsaturated/α-hetero) is 1. The van der Waals surface area contributed by atoms with Crippen LogP contribution in [0.25, 0.3) is 0 Å². The first-order valence-corrected chi connectivity index (χ1v) is 4.95. The molecule has 4 nitrogen and oxygen atoms in total. The maximum atomic E-state index is 12.1. The normalized spacial score (nSPS) is 25.5. The van der Waals surface area contributed by atoms with Gasteiger partial charge in [0, 0.05) is 24.6 Å². The molecule has 0 bridgehead atoms. The molecule has 0 spiro atoms. The quantitative estimate of drug-likeness (QED) is 0.723. The molecule has 4 heteroatoms. The molecule has 1 aromatic heterocycles. The fourth-order valence-corrected chi connectivity index (χ4v) is 1.73. The third kappa shape index (κ3) is 1.78. The second-order valence-electron chi connectivity index (χ2n) is 3.98. The van der Waals surface area contributed by atoms with Gasteiger partial charge < -0.3 is 10.5 Å². The predicted molar refractivity (Wildman–Crippen MR) is 55.7 cm³/mol. The summed E-state index contributed by atoms with van der Waals surface area (Å²) < 4.78 is 5.18. The zero-order valence-electron chi connectivity index (χ0n) is 8.69. The largest absolute Gasteiger partial charge is 0.379 e. The SMILES string of the molecule is Cc1ccncc1C(=O)C1(N)CCOC1. The molecule has 1 aliphatic rings. The molecule has 0 amide bonds. The Hall–Kier alpha value is -1.26. The number of carbonyl (C=O) groups is 1. The van der Waals surface area contributed by atoms with Gasteiger partial charge in [0.15, 0.2) is 5.78 Å². The highest BCUT2D eigenvalue weighted by molar-refractivity contribution is 6.04. The number of hydrogen-bond acceptors (Lipinski definition) is 4. The highest BCUT2D eigenvalue weighted by Crippen LogP contribution is 2.22. The maximum absolute atomic E-state index is 12.1. The Labute approximate surface area is 88.4 Å². The molecule has 1 fully saturated rings. The van der Waals surface area contributed by atoms with Crippen LogP contribution in [-0.2, 0) is 4.74 Å². The van der Waals surface area contributed by atoms with Gasteiger partial charge in [-0.3, -0.25) is 9.78 Å². The summed E-state index contributed by atoms with van der Waals surface area (Å²) in [5.74, 6) is -0.0643. The van der Waals surface area contributed by atoms with E-state index in [4.69, 9.17) is 10.5 Å². The van der Waals surface area contributed by atoms with E-state index < -0.39 is 5.54 Å². The fraction of sp³-hybridized carbons (Fsp3) is 0.455. The lowest BCUT2D eigenvalue weighted by Gasteiger charge is -2.20. The Morgan fingerprint density at radius 3 is 3.07 bits per heavy atom. The first-order chi connectivity index (χ1) is 7.13. The molecule has 2 heterocycles. The van der Waals surface area contributed by atoms with Crippen molar-refractivity contribution in [3.63, 3.8) is 0 Å². The molecule has 1 atom stereocenters. The van der Waals surface area contributed by atoms with E-state index in [0.717, 1.165) is 5.56 Å². The van der Waals surface area contributed by atoms with Gasteiger partial charge >= 0.3 is 0 Å². The van der Waals surface area contributed by atoms with Crippen LogP contribution in [0.15, 0.2) is 18.5 Å². The lowest BCUT2D eigenvalue weighted by atomic mass is 9.89. The van der Waals surface area contributed by atoms with Crippen molar-refractivity contribution < 1.29 is 9.53 Å². The monoisotopic (exact) mass is 206 g/mol. The van der Waals surface area contributed by atoms with E-state index in [1.807, 2.05) is 13.0 Å². The number of rotatable bonds is 2. The first kappa shape index (κ1) is 10.3. The Kier molecular flexibility index (Phi) is 2.54. The first-order valence-electron chi connectivity index (χ1n) is 4.95. The molecular weight excluding hydrogens is 192 g/mol. The topological polar surface area (TPSA) is 65.2 Å². The number of ketones is 1. The lowest BCUT2D eigenvalue weighted by molar-refractivity contribution is 0.0862. The van der Waals surface area contributed by atoms with Crippen LogP contribution in [0.5, 0.6) is 0 Å². The van der Waals surface area contributed by atoms with Crippen molar-refractivity contribution in [1.82, 2.24) is 4.98 Å². The highest BCUT2D eigenvalue weighted by Gasteiger charge is 2.39. The summed E-state index contributed by atoms with van der Waals surface area (Å²) in [6, 6.07) is 1.81. The van der Waals surface area contributed by atoms with Crippen LogP contribution in [-0.4, -0.2) is 29.5 Å². The van der Waals surface area contributed by atoms with Gasteiger partial charge in [-0.1, -0.05) is 0 Å². The maximum Gasteiger partial charge on any atom is 0.186 e. The zero-order valence-corrected chi connectivity index (χ0v) is 8.69. The number of aryl methyl sites for hydroxylation is 1. The highest BCUT2D eigenvalue weighted by atomic mass is 16.5. The van der Waals surface area contributed by atoms with Crippen LogP contribution in [0.2, 0.25) is 0 Å². The van der Waals surface area contributed by atoms with E-state index >= 15 is 0 Å². The van der Waals surface area contributed by atoms with Crippen molar-refractivity contribution in [1.29, 1.82) is 0 Å². The average molecular weight is 206 g/mol. The summed E-state index contributed by atoms with van der Waals surface area (Å²) in [6.07, 6.45) is 3.82. The summed E-state index contributed by atoms with van der Waals surface area (Å²) in [7, 11) is 0. The second kappa shape index (κ2) is 3.72. The van der Waals surface area contributed by atoms with E-state index in [-0.39, 0.29) is 5.78 Å². The van der Waals surface area contributed by atoms with Crippen molar-refractivity contribution in [2.24, 2.45) is 5.73 Å². The van der Waals surface area contributed by atoms with Crippen LogP contribution in [0, 0.1) is 6.92 Å². The average Bonchev–Trinajstić information content (AvgIpc) is 2.66. The molecule has 80 valence electrons. The number of nitrogens with two attached hydrogens (primary N) is 1. The summed E-state index contributed by atoms with van der Waals surface area (Å²) in [5, 5.41) is 0. The van der Waals surface area contributed by atoms with Crippen molar-refractivity contribution in [3.05, 3.63) is 29.6 Å². The third-order valence-corrected chi connectivity index (χ3v) is 2.79. The number of carbonyl (C=O) groups excluding carboxylic acids is 1. The van der Waals surface area contributed by atoms with Gasteiger partial charge in [0.25, 0.3) is 0 Å². The summed E-state index contributed by atoms with van der Waals surface area (Å²) >= 11 is 0. The molecule has 1 aliphatic heterocycles. The number of hydrogen-bond donors (Lipinski definition) is 1. The molecule has 0 saturated carbocycles. The van der Waals surface area contributed by atoms with Gasteiger partial charge in [0.05, 0.1) is 6.61 Å². The molecule has 2 N–H and O–H groups in total. The molecule has 15 heavy (non-hydrogen) atoms. The molecule has 0 aliphatic carbocycles. The van der Waals surface area contributed by atoms with Crippen molar-refractivity contribution in [2.75, 3.05) is 13.2 Å². The van der Waals surface area contributed by atoms with Crippen LogP contribution in [0.4, 0.5) is 0 Å². The molecule has 1 unspecified atom stereocenters. The smallest absolute Gasteiger partial charge is 0.186 e. The van der Waals surface area contributed by atoms with Crippen LogP contribution in [0.1, 0.15) is 22.3 Å². The predicted octanol–water partition coefficient (Wildman–Crippen LogP) is 0.691. The van der Waals surface area contributed by atoms with E-state index in [9.17, 15) is 4.79 Å². The van der Waals surface area contributed by atoms with Crippen molar-refractivity contribution in [2.45, 2.75) is 18.9 Å². The minimum Gasteiger partial charge on any atom is -0.379 e. The molecule has 1 saturated heterocycles. The summed E-state index contributed by atoms with van der Waals surface area (Å²) in [5.41, 5.74) is 6.66. The Morgan fingerprint density at radius 2 is 2.47 bits per heavy atom. The second-order valence-corrected chi connectivity index (χ2v) is 3.98. The number of aromatic nitrogens is 1. The third-order valence-electron chi connectivity index (χ3n) is 2.79.